The standard InChI is InChI=1S/C21H20N2O4/c1-12-13-7-5-6-10-16(13)22-17(18(12)21(26)27-2)11-23-19(24)14-8-3-4-9-15(14)20(23)25/h3-7,10,14-15H,8-9,11H2,1-2H3/t14-,15-/m0/s1. The number of carbonyl (C=O) groups is 3. The number of pyridine rings is 1. The lowest BCUT2D eigenvalue weighted by Crippen LogP contribution is -2.32. The number of esters is 1. The number of imide groups is 1. The topological polar surface area (TPSA) is 76.6 Å². The zero-order chi connectivity index (χ0) is 19.1. The summed E-state index contributed by atoms with van der Waals surface area (Å²) in [6.07, 6.45) is 5.07. The van der Waals surface area contributed by atoms with Crippen molar-refractivity contribution >= 4 is 28.7 Å². The third-order valence-corrected chi connectivity index (χ3v) is 5.52. The van der Waals surface area contributed by atoms with E-state index < -0.39 is 5.97 Å². The van der Waals surface area contributed by atoms with Gasteiger partial charge in [0.05, 0.1) is 42.3 Å². The molecule has 2 amide bonds. The molecule has 0 radical (unpaired) electrons. The molecule has 6 heteroatoms. The minimum atomic E-state index is -0.515. The number of hydrogen-bond donors (Lipinski definition) is 0. The zero-order valence-corrected chi connectivity index (χ0v) is 15.3. The van der Waals surface area contributed by atoms with Crippen molar-refractivity contribution in [1.82, 2.24) is 9.88 Å². The van der Waals surface area contributed by atoms with Crippen LogP contribution in [0.4, 0.5) is 0 Å². The fraction of sp³-hybridized carbons (Fsp3) is 0.333. The molecule has 2 aromatic rings. The molecule has 2 atom stereocenters. The van der Waals surface area contributed by atoms with E-state index in [1.807, 2.05) is 43.3 Å². The molecular weight excluding hydrogens is 344 g/mol. The number of nitrogens with zero attached hydrogens (tertiary/aromatic N) is 2. The molecule has 1 aromatic heterocycles. The first-order valence-corrected chi connectivity index (χ1v) is 8.99. The number of fused-ring (bicyclic) bond motifs is 2. The third-order valence-electron chi connectivity index (χ3n) is 5.52. The second-order valence-corrected chi connectivity index (χ2v) is 6.99. The van der Waals surface area contributed by atoms with Gasteiger partial charge in [0.2, 0.25) is 11.8 Å². The maximum Gasteiger partial charge on any atom is 0.340 e. The number of methoxy groups -OCH3 is 1. The molecule has 0 unspecified atom stereocenters. The van der Waals surface area contributed by atoms with E-state index in [9.17, 15) is 14.4 Å². The Bertz CT molecular complexity index is 969. The number of ether oxygens (including phenoxy) is 1. The quantitative estimate of drug-likeness (QED) is 0.475. The summed E-state index contributed by atoms with van der Waals surface area (Å²) in [6, 6.07) is 7.48. The number of carbonyl (C=O) groups excluding carboxylic acids is 3. The van der Waals surface area contributed by atoms with Gasteiger partial charge in [-0.1, -0.05) is 30.4 Å². The van der Waals surface area contributed by atoms with Crippen LogP contribution in [0.15, 0.2) is 36.4 Å². The fourth-order valence-electron chi connectivity index (χ4n) is 4.10. The van der Waals surface area contributed by atoms with Crippen molar-refractivity contribution in [2.24, 2.45) is 11.8 Å². The summed E-state index contributed by atoms with van der Waals surface area (Å²) in [5.74, 6) is -1.48. The van der Waals surface area contributed by atoms with Crippen LogP contribution in [0.1, 0.15) is 34.5 Å². The lowest BCUT2D eigenvalue weighted by molar-refractivity contribution is -0.140. The van der Waals surface area contributed by atoms with E-state index in [-0.39, 0.29) is 30.2 Å². The number of benzene rings is 1. The highest BCUT2D eigenvalue weighted by atomic mass is 16.5. The van der Waals surface area contributed by atoms with E-state index in [0.717, 1.165) is 16.5 Å². The van der Waals surface area contributed by atoms with Gasteiger partial charge in [-0.25, -0.2) is 9.78 Å². The molecule has 1 aliphatic heterocycles. The van der Waals surface area contributed by atoms with Crippen LogP contribution in [0.25, 0.3) is 10.9 Å². The van der Waals surface area contributed by atoms with E-state index in [1.165, 1.54) is 12.0 Å². The molecule has 1 saturated heterocycles. The fourth-order valence-corrected chi connectivity index (χ4v) is 4.10. The summed E-state index contributed by atoms with van der Waals surface area (Å²) in [5, 5.41) is 0.846. The zero-order valence-electron chi connectivity index (χ0n) is 15.3. The Morgan fingerprint density at radius 1 is 1.15 bits per heavy atom. The van der Waals surface area contributed by atoms with Crippen LogP contribution in [0, 0.1) is 18.8 Å². The number of likely N-dealkylation sites (tertiary alicyclic amines) is 1. The Labute approximate surface area is 156 Å². The van der Waals surface area contributed by atoms with Gasteiger partial charge in [0.25, 0.3) is 0 Å². The van der Waals surface area contributed by atoms with Gasteiger partial charge < -0.3 is 4.74 Å². The molecule has 0 saturated carbocycles. The molecule has 6 nitrogen and oxygen atoms in total. The highest BCUT2D eigenvalue weighted by molar-refractivity contribution is 6.06. The van der Waals surface area contributed by atoms with Gasteiger partial charge in [-0.2, -0.15) is 0 Å². The number of aromatic nitrogens is 1. The molecule has 1 aliphatic carbocycles. The summed E-state index contributed by atoms with van der Waals surface area (Å²) in [4.78, 5) is 43.8. The van der Waals surface area contributed by atoms with Crippen LogP contribution < -0.4 is 0 Å². The lowest BCUT2D eigenvalue weighted by atomic mass is 9.85. The van der Waals surface area contributed by atoms with Gasteiger partial charge in [0.1, 0.15) is 0 Å². The first-order valence-electron chi connectivity index (χ1n) is 8.99. The minimum Gasteiger partial charge on any atom is -0.465 e. The molecule has 0 spiro atoms. The van der Waals surface area contributed by atoms with Gasteiger partial charge in [-0.05, 0) is 31.4 Å². The number of aryl methyl sites for hydroxylation is 1. The monoisotopic (exact) mass is 364 g/mol. The van der Waals surface area contributed by atoms with Crippen LogP contribution in [0.5, 0.6) is 0 Å². The van der Waals surface area contributed by atoms with Gasteiger partial charge in [-0.3, -0.25) is 14.5 Å². The second-order valence-electron chi connectivity index (χ2n) is 6.99. The van der Waals surface area contributed by atoms with Gasteiger partial charge in [0.15, 0.2) is 0 Å². The Morgan fingerprint density at radius 2 is 1.78 bits per heavy atom. The third kappa shape index (κ3) is 2.72. The largest absolute Gasteiger partial charge is 0.465 e. The van der Waals surface area contributed by atoms with E-state index in [0.29, 0.717) is 24.1 Å². The molecule has 2 aliphatic rings. The van der Waals surface area contributed by atoms with Crippen molar-refractivity contribution in [2.45, 2.75) is 26.3 Å². The van der Waals surface area contributed by atoms with E-state index in [2.05, 4.69) is 4.98 Å². The van der Waals surface area contributed by atoms with Crippen molar-refractivity contribution in [3.05, 3.63) is 53.2 Å². The lowest BCUT2D eigenvalue weighted by Gasteiger charge is -2.18. The summed E-state index contributed by atoms with van der Waals surface area (Å²) < 4.78 is 4.94. The highest BCUT2D eigenvalue weighted by Crippen LogP contribution is 2.36. The second kappa shape index (κ2) is 6.61. The van der Waals surface area contributed by atoms with Crippen molar-refractivity contribution in [1.29, 1.82) is 0 Å². The maximum atomic E-state index is 12.8. The van der Waals surface area contributed by atoms with Crippen molar-refractivity contribution in [2.75, 3.05) is 7.11 Å². The van der Waals surface area contributed by atoms with Crippen molar-refractivity contribution < 1.29 is 19.1 Å². The van der Waals surface area contributed by atoms with Gasteiger partial charge in [-0.15, -0.1) is 0 Å². The molecular formula is C21H20N2O4. The first kappa shape index (κ1) is 17.4. The normalized spacial score (nSPS) is 21.6. The van der Waals surface area contributed by atoms with Crippen molar-refractivity contribution in [3.63, 3.8) is 0 Å². The predicted molar refractivity (Wildman–Crippen MR) is 98.7 cm³/mol. The number of allylic oxidation sites excluding steroid dienone is 2. The predicted octanol–water partition coefficient (Wildman–Crippen LogP) is 2.78. The summed E-state index contributed by atoms with van der Waals surface area (Å²) in [6.45, 7) is 1.82. The van der Waals surface area contributed by atoms with E-state index >= 15 is 0 Å². The Hall–Kier alpha value is -3.02. The smallest absolute Gasteiger partial charge is 0.340 e. The molecule has 2 heterocycles. The maximum absolute atomic E-state index is 12.8. The van der Waals surface area contributed by atoms with Crippen LogP contribution in [-0.4, -0.2) is 34.8 Å². The summed E-state index contributed by atoms with van der Waals surface area (Å²) >= 11 is 0. The van der Waals surface area contributed by atoms with E-state index in [4.69, 9.17) is 4.74 Å². The average Bonchev–Trinajstić information content (AvgIpc) is 2.93. The Kier molecular flexibility index (Phi) is 4.26. The Balaban J connectivity index is 1.78. The van der Waals surface area contributed by atoms with Crippen LogP contribution in [0.3, 0.4) is 0 Å². The number of hydrogen-bond acceptors (Lipinski definition) is 5. The highest BCUT2D eigenvalue weighted by Gasteiger charge is 2.47. The van der Waals surface area contributed by atoms with Crippen LogP contribution >= 0.6 is 0 Å². The molecule has 1 aromatic carbocycles. The summed E-state index contributed by atoms with van der Waals surface area (Å²) in [5.41, 5.74) is 2.17. The van der Waals surface area contributed by atoms with Crippen LogP contribution in [0.2, 0.25) is 0 Å². The first-order chi connectivity index (χ1) is 13.0. The van der Waals surface area contributed by atoms with E-state index in [1.54, 1.807) is 0 Å². The number of amides is 2. The molecule has 0 bridgehead atoms. The Morgan fingerprint density at radius 3 is 2.41 bits per heavy atom. The minimum absolute atomic E-state index is 0.0131. The SMILES string of the molecule is COC(=O)c1c(CN2C(=O)[C@H]3CC=CC[C@@H]3C2=O)nc2ccccc2c1C. The van der Waals surface area contributed by atoms with Gasteiger partial charge >= 0.3 is 5.97 Å². The van der Waals surface area contributed by atoms with Crippen molar-refractivity contribution in [3.8, 4) is 0 Å². The number of rotatable bonds is 3. The van der Waals surface area contributed by atoms with Gasteiger partial charge in [0, 0.05) is 5.39 Å². The van der Waals surface area contributed by atoms with Crippen LogP contribution in [-0.2, 0) is 20.9 Å². The molecule has 0 N–H and O–H groups in total. The molecule has 4 rings (SSSR count). The molecule has 27 heavy (non-hydrogen) atoms. The number of para-hydroxylation sites is 1. The average molecular weight is 364 g/mol. The summed E-state index contributed by atoms with van der Waals surface area (Å²) in [7, 11) is 1.31. The molecule has 138 valence electrons. The molecule has 1 fully saturated rings.